The molecule has 0 radical (unpaired) electrons. The number of ether oxygens (including phenoxy) is 2. The summed E-state index contributed by atoms with van der Waals surface area (Å²) in [6.07, 6.45) is 9.59. The summed E-state index contributed by atoms with van der Waals surface area (Å²) in [7, 11) is 0. The van der Waals surface area contributed by atoms with E-state index in [1.165, 1.54) is 0 Å². The van der Waals surface area contributed by atoms with Crippen LogP contribution in [-0.4, -0.2) is 182 Å². The fourth-order valence-electron chi connectivity index (χ4n) is 6.07. The second kappa shape index (κ2) is 34.2. The van der Waals surface area contributed by atoms with E-state index in [9.17, 15) is 39.9 Å². The van der Waals surface area contributed by atoms with Gasteiger partial charge in [-0.2, -0.15) is 47.0 Å². The molecule has 2 aromatic rings. The minimum absolute atomic E-state index is 0.0610. The van der Waals surface area contributed by atoms with E-state index in [4.69, 9.17) is 9.47 Å². The molecule has 2 rings (SSSR count). The number of thioether (sulfide) groups is 4. The van der Waals surface area contributed by atoms with Gasteiger partial charge in [-0.25, -0.2) is 0 Å². The number of aryl methyl sites for hydroxylation is 2. The van der Waals surface area contributed by atoms with Gasteiger partial charge in [0.05, 0.1) is 82.9 Å². The zero-order valence-corrected chi connectivity index (χ0v) is 42.2. The van der Waals surface area contributed by atoms with Gasteiger partial charge in [0.15, 0.2) is 0 Å². The number of hydrogen-bond acceptors (Lipinski definition) is 18. The van der Waals surface area contributed by atoms with Crippen LogP contribution in [0.15, 0.2) is 12.4 Å². The average Bonchev–Trinajstić information content (AvgIpc) is 3.97. The molecule has 0 aromatic carbocycles. The number of hydrogen-bond donors (Lipinski definition) is 8. The van der Waals surface area contributed by atoms with Crippen molar-refractivity contribution in [1.82, 2.24) is 45.9 Å². The molecule has 19 nitrogen and oxygen atoms in total. The Bertz CT molecular complexity index is 1480. The molecular weight excluding hydrogens is 919 g/mol. The van der Waals surface area contributed by atoms with Crippen molar-refractivity contribution >= 4 is 64.8 Å². The summed E-state index contributed by atoms with van der Waals surface area (Å²) in [5.74, 6) is 5.35. The van der Waals surface area contributed by atoms with Crippen LogP contribution in [0.25, 0.3) is 0 Å². The van der Waals surface area contributed by atoms with Crippen LogP contribution >= 0.6 is 47.0 Å². The fraction of sp³-hybridized carbons (Fsp3) is 0.833. The van der Waals surface area contributed by atoms with Gasteiger partial charge in [0.2, 0.25) is 17.7 Å². The van der Waals surface area contributed by atoms with E-state index in [-0.39, 0.29) is 63.8 Å². The lowest BCUT2D eigenvalue weighted by molar-refractivity contribution is -0.126. The number of nitrogens with one attached hydrogen (secondary N) is 3. The Hall–Kier alpha value is -2.19. The van der Waals surface area contributed by atoms with Gasteiger partial charge in [0.25, 0.3) is 0 Å². The molecule has 2 heterocycles. The Morgan fingerprint density at radius 1 is 0.646 bits per heavy atom. The minimum atomic E-state index is -1.42. The van der Waals surface area contributed by atoms with Crippen molar-refractivity contribution in [2.75, 3.05) is 86.5 Å². The normalized spacial score (nSPS) is 13.4. The molecule has 8 N–H and O–H groups in total. The molecule has 23 heteroatoms. The number of amides is 3. The van der Waals surface area contributed by atoms with Crippen LogP contribution in [0.2, 0.25) is 0 Å². The number of carbonyl (C=O) groups excluding carboxylic acids is 3. The van der Waals surface area contributed by atoms with Crippen molar-refractivity contribution in [2.24, 2.45) is 0 Å². The lowest BCUT2D eigenvalue weighted by Gasteiger charge is -2.30. The number of rotatable bonds is 41. The third kappa shape index (κ3) is 24.6. The van der Waals surface area contributed by atoms with Gasteiger partial charge in [-0.05, 0) is 68.5 Å². The van der Waals surface area contributed by atoms with Crippen molar-refractivity contribution in [3.63, 3.8) is 0 Å². The number of aromatic nitrogens is 6. The van der Waals surface area contributed by atoms with Crippen LogP contribution in [0.4, 0.5) is 0 Å². The van der Waals surface area contributed by atoms with Crippen LogP contribution in [-0.2, 0) is 50.2 Å². The predicted octanol–water partition coefficient (Wildman–Crippen LogP) is 2.02. The quantitative estimate of drug-likeness (QED) is 0.0443. The van der Waals surface area contributed by atoms with E-state index in [1.54, 1.807) is 32.9 Å². The van der Waals surface area contributed by atoms with E-state index in [2.05, 4.69) is 50.4 Å². The smallest absolute Gasteiger partial charge is 0.221 e. The van der Waals surface area contributed by atoms with Gasteiger partial charge in [-0.3, -0.25) is 23.7 Å². The molecule has 0 aliphatic carbocycles. The maximum atomic E-state index is 13.4. The van der Waals surface area contributed by atoms with E-state index >= 15 is 0 Å². The van der Waals surface area contributed by atoms with Crippen LogP contribution in [0.1, 0.15) is 96.9 Å². The first-order valence-electron chi connectivity index (χ1n) is 22.6. The molecule has 374 valence electrons. The Morgan fingerprint density at radius 3 is 1.58 bits per heavy atom. The van der Waals surface area contributed by atoms with Crippen molar-refractivity contribution in [1.29, 1.82) is 0 Å². The molecule has 0 bridgehead atoms. The molecule has 0 spiro atoms. The van der Waals surface area contributed by atoms with E-state index in [0.717, 1.165) is 60.9 Å². The lowest BCUT2D eigenvalue weighted by atomic mass is 9.98. The highest BCUT2D eigenvalue weighted by Gasteiger charge is 2.31. The molecule has 0 aliphatic heterocycles. The maximum Gasteiger partial charge on any atom is 0.221 e. The molecule has 2 atom stereocenters. The van der Waals surface area contributed by atoms with E-state index in [0.29, 0.717) is 60.5 Å². The van der Waals surface area contributed by atoms with Crippen molar-refractivity contribution in [3.05, 3.63) is 23.8 Å². The van der Waals surface area contributed by atoms with Gasteiger partial charge in [-0.15, -0.1) is 10.2 Å². The first-order chi connectivity index (χ1) is 31.4. The number of carbonyl (C=O) groups is 3. The summed E-state index contributed by atoms with van der Waals surface area (Å²) in [5, 5.41) is 73.2. The zero-order valence-electron chi connectivity index (χ0n) is 38.9. The van der Waals surface area contributed by atoms with Crippen LogP contribution in [0, 0.1) is 0 Å². The molecule has 3 amide bonds. The molecule has 0 saturated carbocycles. The number of aliphatic hydroxyl groups is 5. The predicted molar refractivity (Wildman–Crippen MR) is 260 cm³/mol. The Kier molecular flexibility index (Phi) is 31.0. The molecule has 0 aliphatic rings. The standard InChI is InChI=1S/C42H77N9O10S4/c1-5-16-64-26-36(65-17-6-2)10-11-37(57)43-40(4,32-60-24-34-22-50(48-46-34)14-8-18-62-20-12-38(58)44-41(7-3,27-52)28-53)33-61-25-35-23-51(49-47-35)15-9-19-63-21-13-39(59)45-42(29-54,30-55)31-56/h22-23,36,52-56H,5-21,24-33H2,1-4H3,(H,43,57)(H,44,58)(H,45,59). The number of aliphatic hydroxyl groups excluding tert-OH is 5. The monoisotopic (exact) mass is 995 g/mol. The van der Waals surface area contributed by atoms with E-state index < -0.39 is 36.4 Å². The van der Waals surface area contributed by atoms with Crippen molar-refractivity contribution < 1.29 is 49.4 Å². The average molecular weight is 996 g/mol. The molecule has 0 saturated heterocycles. The van der Waals surface area contributed by atoms with E-state index in [1.807, 2.05) is 49.8 Å². The fourth-order valence-corrected chi connectivity index (χ4v) is 10.2. The van der Waals surface area contributed by atoms with Gasteiger partial charge in [0.1, 0.15) is 16.9 Å². The number of nitrogens with zero attached hydrogens (tertiary/aromatic N) is 6. The summed E-state index contributed by atoms with van der Waals surface area (Å²) in [6, 6.07) is 0. The summed E-state index contributed by atoms with van der Waals surface area (Å²) >= 11 is 7.12. The second-order valence-corrected chi connectivity index (χ2v) is 21.4. The zero-order chi connectivity index (χ0) is 47.8. The lowest BCUT2D eigenvalue weighted by Crippen LogP contribution is -2.57. The maximum absolute atomic E-state index is 13.4. The van der Waals surface area contributed by atoms with Crippen molar-refractivity contribution in [2.45, 2.75) is 134 Å². The highest BCUT2D eigenvalue weighted by Crippen LogP contribution is 2.23. The summed E-state index contributed by atoms with van der Waals surface area (Å²) in [5.41, 5.74) is -1.96. The SMILES string of the molecule is CCCSCC(CCC(=O)NC(C)(COCc1cn(CCCSCCC(=O)NC(CC)(CO)CO)nn1)COCc1cn(CCCSCCC(=O)NC(CO)(CO)CO)nn1)SCCC. The Balaban J connectivity index is 1.87. The summed E-state index contributed by atoms with van der Waals surface area (Å²) in [6.45, 7) is 7.74. The molecule has 65 heavy (non-hydrogen) atoms. The van der Waals surface area contributed by atoms with Crippen LogP contribution in [0.5, 0.6) is 0 Å². The molecular formula is C42H77N9O10S4. The Morgan fingerprint density at radius 2 is 1.12 bits per heavy atom. The largest absolute Gasteiger partial charge is 0.394 e. The Labute approximate surface area is 402 Å². The van der Waals surface area contributed by atoms with Crippen molar-refractivity contribution in [3.8, 4) is 0 Å². The minimum Gasteiger partial charge on any atom is -0.394 e. The third-order valence-corrected chi connectivity index (χ3v) is 15.4. The topological polar surface area (TPSA) is 268 Å². The first kappa shape index (κ1) is 58.9. The van der Waals surface area contributed by atoms with Crippen LogP contribution < -0.4 is 16.0 Å². The van der Waals surface area contributed by atoms with Gasteiger partial charge < -0.3 is 51.0 Å². The van der Waals surface area contributed by atoms with Gasteiger partial charge >= 0.3 is 0 Å². The summed E-state index contributed by atoms with van der Waals surface area (Å²) < 4.78 is 15.8. The van der Waals surface area contributed by atoms with Gasteiger partial charge in [-0.1, -0.05) is 31.2 Å². The third-order valence-electron chi connectivity index (χ3n) is 10.2. The highest BCUT2D eigenvalue weighted by atomic mass is 32.2. The summed E-state index contributed by atoms with van der Waals surface area (Å²) in [4.78, 5) is 37.9. The highest BCUT2D eigenvalue weighted by molar-refractivity contribution is 8.03. The first-order valence-corrected chi connectivity index (χ1v) is 27.1. The van der Waals surface area contributed by atoms with Gasteiger partial charge in [0, 0.05) is 54.9 Å². The van der Waals surface area contributed by atoms with Crippen LogP contribution in [0.3, 0.4) is 0 Å². The molecule has 0 fully saturated rings. The molecule has 2 unspecified atom stereocenters. The molecule has 2 aromatic heterocycles. The second-order valence-electron chi connectivity index (χ2n) is 16.4.